The molecule has 0 radical (unpaired) electrons. The van der Waals surface area contributed by atoms with E-state index in [9.17, 15) is 0 Å². The first-order chi connectivity index (χ1) is 8.35. The van der Waals surface area contributed by atoms with Gasteiger partial charge in [0, 0.05) is 38.1 Å². The first-order valence-corrected chi connectivity index (χ1v) is 7.52. The molecule has 2 rings (SSSR count). The summed E-state index contributed by atoms with van der Waals surface area (Å²) in [5, 5.41) is 0. The lowest BCUT2D eigenvalue weighted by Crippen LogP contribution is -2.45. The van der Waals surface area contributed by atoms with Crippen molar-refractivity contribution in [2.24, 2.45) is 5.73 Å². The van der Waals surface area contributed by atoms with Gasteiger partial charge in [-0.25, -0.2) is 4.98 Å². The predicted octanol–water partition coefficient (Wildman–Crippen LogP) is 1.17. The largest absolute Gasteiger partial charge is 0.333 e. The minimum atomic E-state index is 0.513. The number of aromatic nitrogens is 2. The highest BCUT2D eigenvalue weighted by Gasteiger charge is 2.22. The lowest BCUT2D eigenvalue weighted by Gasteiger charge is -2.34. The summed E-state index contributed by atoms with van der Waals surface area (Å²) in [7, 11) is 0. The highest BCUT2D eigenvalue weighted by molar-refractivity contribution is 7.99. The lowest BCUT2D eigenvalue weighted by molar-refractivity contribution is 0.153. The molecule has 1 aliphatic heterocycles. The average Bonchev–Trinajstić information content (AvgIpc) is 2.82. The zero-order chi connectivity index (χ0) is 12.1. The Morgan fingerprint density at radius 2 is 2.41 bits per heavy atom. The van der Waals surface area contributed by atoms with Gasteiger partial charge in [-0.2, -0.15) is 11.8 Å². The molecule has 1 aliphatic rings. The van der Waals surface area contributed by atoms with Crippen LogP contribution in [0, 0.1) is 0 Å². The highest BCUT2D eigenvalue weighted by Crippen LogP contribution is 2.16. The van der Waals surface area contributed by atoms with Crippen molar-refractivity contribution in [3.63, 3.8) is 0 Å². The van der Waals surface area contributed by atoms with Gasteiger partial charge in [0.2, 0.25) is 0 Å². The fourth-order valence-corrected chi connectivity index (χ4v) is 3.04. The van der Waals surface area contributed by atoms with E-state index in [1.807, 2.05) is 18.0 Å². The molecule has 0 amide bonds. The number of rotatable bonds is 6. The second-order valence-corrected chi connectivity index (χ2v) is 5.78. The fraction of sp³-hybridized carbons (Fsp3) is 0.750. The summed E-state index contributed by atoms with van der Waals surface area (Å²) in [6.07, 6.45) is 5.15. The van der Waals surface area contributed by atoms with Crippen LogP contribution in [-0.4, -0.2) is 45.1 Å². The third-order valence-electron chi connectivity index (χ3n) is 3.36. The predicted molar refractivity (Wildman–Crippen MR) is 73.1 cm³/mol. The van der Waals surface area contributed by atoms with E-state index in [4.69, 9.17) is 5.73 Å². The Bertz CT molecular complexity index is 339. The van der Waals surface area contributed by atoms with Gasteiger partial charge >= 0.3 is 0 Å². The van der Waals surface area contributed by atoms with E-state index in [1.54, 1.807) is 0 Å². The quantitative estimate of drug-likeness (QED) is 0.774. The van der Waals surface area contributed by atoms with Crippen LogP contribution in [0.2, 0.25) is 0 Å². The topological polar surface area (TPSA) is 47.1 Å². The van der Waals surface area contributed by atoms with Gasteiger partial charge < -0.3 is 10.3 Å². The number of hydrogen-bond acceptors (Lipinski definition) is 4. The summed E-state index contributed by atoms with van der Waals surface area (Å²) in [4.78, 5) is 6.88. The van der Waals surface area contributed by atoms with E-state index in [-0.39, 0.29) is 0 Å². The fourth-order valence-electron chi connectivity index (χ4n) is 2.32. The maximum Gasteiger partial charge on any atom is 0.122 e. The van der Waals surface area contributed by atoms with Crippen LogP contribution in [0.4, 0.5) is 0 Å². The van der Waals surface area contributed by atoms with Gasteiger partial charge in [-0.1, -0.05) is 6.92 Å². The number of nitrogens with zero attached hydrogens (tertiary/aromatic N) is 3. The molecule has 0 spiro atoms. The molecular weight excluding hydrogens is 232 g/mol. The molecule has 1 atom stereocenters. The van der Waals surface area contributed by atoms with Gasteiger partial charge in [0.1, 0.15) is 5.82 Å². The second kappa shape index (κ2) is 6.42. The zero-order valence-electron chi connectivity index (χ0n) is 10.5. The number of fused-ring (bicyclic) bond motifs is 1. The summed E-state index contributed by atoms with van der Waals surface area (Å²) in [5.41, 5.74) is 5.90. The zero-order valence-corrected chi connectivity index (χ0v) is 11.3. The number of nitrogens with two attached hydrogens (primary N) is 1. The molecular formula is C12H22N4S. The average molecular weight is 254 g/mol. The number of thioether (sulfide) groups is 1. The van der Waals surface area contributed by atoms with Crippen molar-refractivity contribution in [1.82, 2.24) is 14.5 Å². The molecule has 0 bridgehead atoms. The molecule has 0 aliphatic carbocycles. The third kappa shape index (κ3) is 3.24. The lowest BCUT2D eigenvalue weighted by atomic mass is 10.1. The maximum absolute atomic E-state index is 5.90. The summed E-state index contributed by atoms with van der Waals surface area (Å²) in [6.45, 7) is 6.06. The van der Waals surface area contributed by atoms with E-state index in [2.05, 4.69) is 27.6 Å². The van der Waals surface area contributed by atoms with Crippen LogP contribution in [0.5, 0.6) is 0 Å². The Morgan fingerprint density at radius 1 is 1.53 bits per heavy atom. The minimum Gasteiger partial charge on any atom is -0.333 e. The molecule has 96 valence electrons. The monoisotopic (exact) mass is 254 g/mol. The normalized spacial score (nSPS) is 18.0. The number of hydrogen-bond donors (Lipinski definition) is 1. The molecule has 0 aromatic carbocycles. The smallest absolute Gasteiger partial charge is 0.122 e. The van der Waals surface area contributed by atoms with Crippen molar-refractivity contribution in [3.05, 3.63) is 18.2 Å². The first-order valence-electron chi connectivity index (χ1n) is 6.37. The molecule has 0 fully saturated rings. The van der Waals surface area contributed by atoms with Crippen LogP contribution in [0.15, 0.2) is 12.4 Å². The molecule has 2 heterocycles. The van der Waals surface area contributed by atoms with Crippen LogP contribution in [-0.2, 0) is 13.1 Å². The van der Waals surface area contributed by atoms with Crippen LogP contribution in [0.3, 0.4) is 0 Å². The summed E-state index contributed by atoms with van der Waals surface area (Å²) >= 11 is 2.00. The van der Waals surface area contributed by atoms with Gasteiger partial charge in [0.05, 0.1) is 6.54 Å². The van der Waals surface area contributed by atoms with E-state index in [1.165, 1.54) is 23.8 Å². The first kappa shape index (κ1) is 12.9. The molecule has 0 saturated carbocycles. The molecule has 0 saturated heterocycles. The van der Waals surface area contributed by atoms with Crippen LogP contribution >= 0.6 is 11.8 Å². The van der Waals surface area contributed by atoms with Gasteiger partial charge in [0.25, 0.3) is 0 Å². The van der Waals surface area contributed by atoms with Crippen LogP contribution in [0.25, 0.3) is 0 Å². The van der Waals surface area contributed by atoms with Crippen molar-refractivity contribution >= 4 is 11.8 Å². The molecule has 5 heteroatoms. The standard InChI is InChI=1S/C12H22N4S/c1-2-17-8-3-11(9-13)16-7-6-15-5-4-14-12(15)10-16/h4-5,11H,2-3,6-10,13H2,1H3. The Kier molecular flexibility index (Phi) is 4.88. The molecule has 17 heavy (non-hydrogen) atoms. The van der Waals surface area contributed by atoms with Crippen molar-refractivity contribution in [2.75, 3.05) is 24.6 Å². The second-order valence-electron chi connectivity index (χ2n) is 4.38. The maximum atomic E-state index is 5.90. The SMILES string of the molecule is CCSCCC(CN)N1CCn2ccnc2C1. The molecule has 2 N–H and O–H groups in total. The van der Waals surface area contributed by atoms with Crippen molar-refractivity contribution < 1.29 is 0 Å². The van der Waals surface area contributed by atoms with E-state index in [0.29, 0.717) is 6.04 Å². The number of imidazole rings is 1. The van der Waals surface area contributed by atoms with Gasteiger partial charge in [0.15, 0.2) is 0 Å². The summed E-state index contributed by atoms with van der Waals surface area (Å²) in [5.74, 6) is 3.59. The molecule has 4 nitrogen and oxygen atoms in total. The Balaban J connectivity index is 1.88. The molecule has 1 unspecified atom stereocenters. The van der Waals surface area contributed by atoms with Crippen LogP contribution < -0.4 is 5.73 Å². The Morgan fingerprint density at radius 3 is 3.18 bits per heavy atom. The van der Waals surface area contributed by atoms with E-state index < -0.39 is 0 Å². The van der Waals surface area contributed by atoms with Crippen molar-refractivity contribution in [3.8, 4) is 0 Å². The minimum absolute atomic E-state index is 0.513. The van der Waals surface area contributed by atoms with E-state index >= 15 is 0 Å². The van der Waals surface area contributed by atoms with Gasteiger partial charge in [-0.15, -0.1) is 0 Å². The van der Waals surface area contributed by atoms with Gasteiger partial charge in [-0.05, 0) is 17.9 Å². The Hall–Kier alpha value is -0.520. The third-order valence-corrected chi connectivity index (χ3v) is 4.29. The van der Waals surface area contributed by atoms with Gasteiger partial charge in [-0.3, -0.25) is 4.90 Å². The summed E-state index contributed by atoms with van der Waals surface area (Å²) in [6, 6.07) is 0.513. The van der Waals surface area contributed by atoms with Crippen molar-refractivity contribution in [1.29, 1.82) is 0 Å². The Labute approximate surface area is 108 Å². The van der Waals surface area contributed by atoms with Crippen LogP contribution in [0.1, 0.15) is 19.2 Å². The molecule has 1 aromatic heterocycles. The van der Waals surface area contributed by atoms with E-state index in [0.717, 1.165) is 26.2 Å². The summed E-state index contributed by atoms with van der Waals surface area (Å²) < 4.78 is 2.24. The molecule has 1 aromatic rings. The highest BCUT2D eigenvalue weighted by atomic mass is 32.2. The van der Waals surface area contributed by atoms with Crippen molar-refractivity contribution in [2.45, 2.75) is 32.5 Å².